The zero-order valence-electron chi connectivity index (χ0n) is 16.3. The van der Waals surface area contributed by atoms with Crippen LogP contribution in [-0.4, -0.2) is 32.7 Å². The summed E-state index contributed by atoms with van der Waals surface area (Å²) >= 11 is 6.26. The standard InChI is InChI=1S/C22H20ClNO5/c1-12-4-6-14(9-16(12)23)24-17-11-29-22(26)21(17)15(10-20(24)25)13-5-7-18(27-2)19(8-13)28-3/h4-9,15H,10-11H2,1-3H3. The monoisotopic (exact) mass is 413 g/mol. The number of methoxy groups -OCH3 is 2. The molecule has 2 heterocycles. The van der Waals surface area contributed by atoms with Gasteiger partial charge in [0.1, 0.15) is 6.61 Å². The lowest BCUT2D eigenvalue weighted by molar-refractivity contribution is -0.136. The maximum Gasteiger partial charge on any atom is 0.336 e. The van der Waals surface area contributed by atoms with Gasteiger partial charge in [-0.1, -0.05) is 23.7 Å². The van der Waals surface area contributed by atoms with Crippen LogP contribution in [0.15, 0.2) is 47.7 Å². The Hall–Kier alpha value is -2.99. The van der Waals surface area contributed by atoms with E-state index in [-0.39, 0.29) is 18.9 Å². The predicted molar refractivity (Wildman–Crippen MR) is 109 cm³/mol. The van der Waals surface area contributed by atoms with Crippen molar-refractivity contribution in [3.05, 3.63) is 63.8 Å². The molecule has 6 nitrogen and oxygen atoms in total. The Morgan fingerprint density at radius 2 is 1.83 bits per heavy atom. The second kappa shape index (κ2) is 7.44. The molecule has 1 atom stereocenters. The summed E-state index contributed by atoms with van der Waals surface area (Å²) in [7, 11) is 3.10. The summed E-state index contributed by atoms with van der Waals surface area (Å²) in [5, 5.41) is 0.560. The van der Waals surface area contributed by atoms with Gasteiger partial charge in [0.05, 0.1) is 31.2 Å². The number of benzene rings is 2. The number of carbonyl (C=O) groups is 2. The summed E-state index contributed by atoms with van der Waals surface area (Å²) < 4.78 is 16.0. The topological polar surface area (TPSA) is 65.1 Å². The first-order valence-electron chi connectivity index (χ1n) is 9.15. The number of carbonyl (C=O) groups excluding carboxylic acids is 2. The number of aryl methyl sites for hydroxylation is 1. The van der Waals surface area contributed by atoms with Crippen molar-refractivity contribution in [1.82, 2.24) is 0 Å². The third kappa shape index (κ3) is 3.23. The number of hydrogen-bond donors (Lipinski definition) is 0. The van der Waals surface area contributed by atoms with Gasteiger partial charge in [0.2, 0.25) is 5.91 Å². The fraction of sp³-hybridized carbons (Fsp3) is 0.273. The summed E-state index contributed by atoms with van der Waals surface area (Å²) in [5.74, 6) is 0.179. The number of esters is 1. The summed E-state index contributed by atoms with van der Waals surface area (Å²) in [6.45, 7) is 1.94. The molecule has 1 unspecified atom stereocenters. The van der Waals surface area contributed by atoms with E-state index in [9.17, 15) is 9.59 Å². The Bertz CT molecular complexity index is 1050. The third-order valence-electron chi connectivity index (χ3n) is 5.34. The van der Waals surface area contributed by atoms with E-state index in [1.54, 1.807) is 37.3 Å². The molecule has 0 saturated heterocycles. The van der Waals surface area contributed by atoms with E-state index in [1.807, 2.05) is 25.1 Å². The van der Waals surface area contributed by atoms with Crippen molar-refractivity contribution in [3.8, 4) is 11.5 Å². The van der Waals surface area contributed by atoms with Crippen LogP contribution in [0.3, 0.4) is 0 Å². The van der Waals surface area contributed by atoms with Gasteiger partial charge in [-0.15, -0.1) is 0 Å². The maximum absolute atomic E-state index is 13.1. The average Bonchev–Trinajstić information content (AvgIpc) is 3.10. The summed E-state index contributed by atoms with van der Waals surface area (Å²) in [6, 6.07) is 10.8. The maximum atomic E-state index is 13.1. The number of cyclic esters (lactones) is 1. The Balaban J connectivity index is 1.81. The molecule has 4 rings (SSSR count). The molecule has 2 aromatic carbocycles. The number of amides is 1. The molecule has 2 aromatic rings. The Labute approximate surface area is 173 Å². The highest BCUT2D eigenvalue weighted by molar-refractivity contribution is 6.31. The number of anilines is 1. The van der Waals surface area contributed by atoms with Crippen LogP contribution in [0.4, 0.5) is 5.69 Å². The number of nitrogens with zero attached hydrogens (tertiary/aromatic N) is 1. The van der Waals surface area contributed by atoms with Crippen LogP contribution in [0, 0.1) is 6.92 Å². The van der Waals surface area contributed by atoms with Gasteiger partial charge in [-0.05, 0) is 42.3 Å². The van der Waals surface area contributed by atoms with Gasteiger partial charge in [0.15, 0.2) is 11.5 Å². The van der Waals surface area contributed by atoms with E-state index in [2.05, 4.69) is 0 Å². The molecule has 0 saturated carbocycles. The lowest BCUT2D eigenvalue weighted by Crippen LogP contribution is -2.37. The van der Waals surface area contributed by atoms with E-state index in [1.165, 1.54) is 0 Å². The van der Waals surface area contributed by atoms with Gasteiger partial charge < -0.3 is 14.2 Å². The second-order valence-electron chi connectivity index (χ2n) is 6.97. The molecule has 0 bridgehead atoms. The molecule has 7 heteroatoms. The van der Waals surface area contributed by atoms with Crippen molar-refractivity contribution < 1.29 is 23.8 Å². The highest BCUT2D eigenvalue weighted by atomic mass is 35.5. The molecule has 29 heavy (non-hydrogen) atoms. The highest BCUT2D eigenvalue weighted by Gasteiger charge is 2.43. The molecule has 150 valence electrons. The average molecular weight is 414 g/mol. The minimum Gasteiger partial charge on any atom is -0.493 e. The van der Waals surface area contributed by atoms with Gasteiger partial charge in [-0.25, -0.2) is 4.79 Å². The van der Waals surface area contributed by atoms with Crippen molar-refractivity contribution >= 4 is 29.2 Å². The molecule has 2 aliphatic heterocycles. The van der Waals surface area contributed by atoms with Gasteiger partial charge in [0.25, 0.3) is 0 Å². The predicted octanol–water partition coefficient (Wildman–Crippen LogP) is 4.00. The summed E-state index contributed by atoms with van der Waals surface area (Å²) in [5.41, 5.74) is 3.39. The van der Waals surface area contributed by atoms with Gasteiger partial charge in [0, 0.05) is 17.4 Å². The van der Waals surface area contributed by atoms with Crippen LogP contribution in [-0.2, 0) is 14.3 Å². The van der Waals surface area contributed by atoms with Crippen LogP contribution in [0.5, 0.6) is 11.5 Å². The van der Waals surface area contributed by atoms with Gasteiger partial charge >= 0.3 is 5.97 Å². The first-order chi connectivity index (χ1) is 13.9. The SMILES string of the molecule is COc1ccc(C2CC(=O)N(c3ccc(C)c(Cl)c3)C3=C2C(=O)OC3)cc1OC. The van der Waals surface area contributed by atoms with E-state index in [0.29, 0.717) is 33.5 Å². The molecule has 2 aliphatic rings. The van der Waals surface area contributed by atoms with Crippen LogP contribution in [0.2, 0.25) is 5.02 Å². The summed E-state index contributed by atoms with van der Waals surface area (Å²) in [4.78, 5) is 27.2. The molecule has 0 fully saturated rings. The molecule has 0 aliphatic carbocycles. The van der Waals surface area contributed by atoms with Crippen LogP contribution >= 0.6 is 11.6 Å². The Kier molecular flexibility index (Phi) is 4.96. The van der Waals surface area contributed by atoms with Crippen LogP contribution in [0.1, 0.15) is 23.5 Å². The van der Waals surface area contributed by atoms with E-state index < -0.39 is 11.9 Å². The zero-order chi connectivity index (χ0) is 20.7. The van der Waals surface area contributed by atoms with Crippen LogP contribution in [0.25, 0.3) is 0 Å². The lowest BCUT2D eigenvalue weighted by atomic mass is 9.84. The lowest BCUT2D eigenvalue weighted by Gasteiger charge is -2.32. The molecular formula is C22H20ClNO5. The molecule has 0 aromatic heterocycles. The third-order valence-corrected chi connectivity index (χ3v) is 5.75. The summed E-state index contributed by atoms with van der Waals surface area (Å²) in [6.07, 6.45) is 0.134. The molecule has 0 spiro atoms. The fourth-order valence-corrected chi connectivity index (χ4v) is 4.00. The van der Waals surface area contributed by atoms with Crippen LogP contribution < -0.4 is 14.4 Å². The van der Waals surface area contributed by atoms with Crippen molar-refractivity contribution in [2.45, 2.75) is 19.3 Å². The molecule has 0 radical (unpaired) electrons. The number of rotatable bonds is 4. The molecular weight excluding hydrogens is 394 g/mol. The number of halogens is 1. The normalized spacial score (nSPS) is 18.6. The van der Waals surface area contributed by atoms with E-state index in [0.717, 1.165) is 11.1 Å². The Morgan fingerprint density at radius 1 is 1.07 bits per heavy atom. The van der Waals surface area contributed by atoms with Crippen molar-refractivity contribution in [3.63, 3.8) is 0 Å². The van der Waals surface area contributed by atoms with Gasteiger partial charge in [-0.2, -0.15) is 0 Å². The fourth-order valence-electron chi connectivity index (χ4n) is 3.83. The largest absolute Gasteiger partial charge is 0.493 e. The van der Waals surface area contributed by atoms with Crippen molar-refractivity contribution in [2.24, 2.45) is 0 Å². The van der Waals surface area contributed by atoms with E-state index in [4.69, 9.17) is 25.8 Å². The minimum atomic E-state index is -0.413. The highest BCUT2D eigenvalue weighted by Crippen LogP contribution is 2.44. The first-order valence-corrected chi connectivity index (χ1v) is 9.53. The van der Waals surface area contributed by atoms with Crippen molar-refractivity contribution in [1.29, 1.82) is 0 Å². The number of ether oxygens (including phenoxy) is 3. The minimum absolute atomic E-state index is 0.0508. The first kappa shape index (κ1) is 19.3. The number of hydrogen-bond acceptors (Lipinski definition) is 5. The molecule has 1 amide bonds. The smallest absolute Gasteiger partial charge is 0.336 e. The van der Waals surface area contributed by atoms with Gasteiger partial charge in [-0.3, -0.25) is 9.69 Å². The van der Waals surface area contributed by atoms with Crippen molar-refractivity contribution in [2.75, 3.05) is 25.7 Å². The quantitative estimate of drug-likeness (QED) is 0.709. The zero-order valence-corrected chi connectivity index (χ0v) is 17.1. The molecule has 0 N–H and O–H groups in total. The Morgan fingerprint density at radius 3 is 2.52 bits per heavy atom. The second-order valence-corrected chi connectivity index (χ2v) is 7.38. The van der Waals surface area contributed by atoms with E-state index >= 15 is 0 Å².